The highest BCUT2D eigenvalue weighted by molar-refractivity contribution is 5.91. The van der Waals surface area contributed by atoms with Gasteiger partial charge in [0.25, 0.3) is 0 Å². The van der Waals surface area contributed by atoms with Crippen molar-refractivity contribution >= 4 is 11.8 Å². The van der Waals surface area contributed by atoms with Crippen LogP contribution in [0.2, 0.25) is 0 Å². The van der Waals surface area contributed by atoms with Crippen LogP contribution < -0.4 is 0 Å². The van der Waals surface area contributed by atoms with Gasteiger partial charge in [-0.05, 0) is 41.9 Å². The van der Waals surface area contributed by atoms with E-state index in [-0.39, 0.29) is 23.9 Å². The molecule has 2 fully saturated rings. The number of hydrogen-bond acceptors (Lipinski definition) is 3. The number of hydrogen-bond donors (Lipinski definition) is 0. The number of piperazine rings is 1. The quantitative estimate of drug-likeness (QED) is 0.387. The Morgan fingerprint density at radius 3 is 1.82 bits per heavy atom. The first kappa shape index (κ1) is 27.1. The summed E-state index contributed by atoms with van der Waals surface area (Å²) in [5, 5.41) is 0. The molecule has 0 spiro atoms. The van der Waals surface area contributed by atoms with E-state index >= 15 is 0 Å². The van der Waals surface area contributed by atoms with Gasteiger partial charge in [0.1, 0.15) is 6.04 Å². The fraction of sp³-hybridized carbons (Fsp3) is 0.412. The first-order valence-electron chi connectivity index (χ1n) is 14.5. The van der Waals surface area contributed by atoms with E-state index in [2.05, 4.69) is 67.3 Å². The van der Waals surface area contributed by atoms with E-state index in [0.29, 0.717) is 25.3 Å². The molecule has 3 aromatic carbocycles. The Morgan fingerprint density at radius 1 is 0.718 bits per heavy atom. The zero-order chi connectivity index (χ0) is 27.2. The van der Waals surface area contributed by atoms with Crippen LogP contribution in [0.15, 0.2) is 91.0 Å². The molecule has 2 aliphatic heterocycles. The molecule has 5 rings (SSSR count). The Hall–Kier alpha value is -3.44. The SMILES string of the molecule is CC(C)CCN1CC[C@@H]2CN(Cc3ccccc3)[C@@H](Cc3ccccc3)C(=O)N2[C@@H](Cc2ccccc2)C1=O. The molecule has 0 saturated carbocycles. The first-order chi connectivity index (χ1) is 19.0. The Bertz CT molecular complexity index is 1210. The topological polar surface area (TPSA) is 43.9 Å². The second-order valence-electron chi connectivity index (χ2n) is 11.5. The molecule has 2 amide bonds. The van der Waals surface area contributed by atoms with Crippen molar-refractivity contribution in [2.45, 2.75) is 64.2 Å². The average Bonchev–Trinajstić information content (AvgIpc) is 3.07. The van der Waals surface area contributed by atoms with Gasteiger partial charge in [-0.2, -0.15) is 0 Å². The van der Waals surface area contributed by atoms with Crippen molar-refractivity contribution in [1.29, 1.82) is 0 Å². The molecule has 2 aliphatic rings. The van der Waals surface area contributed by atoms with Crippen LogP contribution in [0, 0.1) is 5.92 Å². The average molecular weight is 524 g/mol. The number of benzene rings is 3. The molecule has 2 saturated heterocycles. The molecular weight excluding hydrogens is 482 g/mol. The maximum Gasteiger partial charge on any atom is 0.245 e. The molecule has 5 nitrogen and oxygen atoms in total. The second-order valence-corrected chi connectivity index (χ2v) is 11.5. The summed E-state index contributed by atoms with van der Waals surface area (Å²) in [4.78, 5) is 35.1. The molecule has 0 bridgehead atoms. The Kier molecular flexibility index (Phi) is 8.77. The lowest BCUT2D eigenvalue weighted by molar-refractivity contribution is -0.155. The number of rotatable bonds is 9. The van der Waals surface area contributed by atoms with Crippen LogP contribution >= 0.6 is 0 Å². The number of amides is 2. The standard InChI is InChI=1S/C34H41N3O2/c1-26(2)18-20-35-21-19-30-25-36(24-29-16-10-5-11-17-29)31(22-27-12-6-3-7-13-27)34(39)37(30)32(33(35)38)23-28-14-8-4-9-15-28/h3-17,26,30-32H,18-25H2,1-2H3/t30-,31+,32+/m1/s1. The lowest BCUT2D eigenvalue weighted by Gasteiger charge is -2.47. The van der Waals surface area contributed by atoms with Crippen molar-refractivity contribution in [3.8, 4) is 0 Å². The van der Waals surface area contributed by atoms with Gasteiger partial charge in [0.15, 0.2) is 0 Å². The van der Waals surface area contributed by atoms with Crippen LogP contribution in [-0.4, -0.2) is 64.3 Å². The van der Waals surface area contributed by atoms with Crippen molar-refractivity contribution in [3.05, 3.63) is 108 Å². The van der Waals surface area contributed by atoms with E-state index in [1.807, 2.05) is 52.3 Å². The van der Waals surface area contributed by atoms with Gasteiger partial charge in [-0.25, -0.2) is 0 Å². The van der Waals surface area contributed by atoms with Crippen molar-refractivity contribution in [3.63, 3.8) is 0 Å². The minimum atomic E-state index is -0.475. The summed E-state index contributed by atoms with van der Waals surface area (Å²) in [5.41, 5.74) is 3.45. The monoisotopic (exact) mass is 523 g/mol. The largest absolute Gasteiger partial charge is 0.341 e. The summed E-state index contributed by atoms with van der Waals surface area (Å²) in [6.07, 6.45) is 2.97. The molecule has 3 atom stereocenters. The predicted octanol–water partition coefficient (Wildman–Crippen LogP) is 5.20. The van der Waals surface area contributed by atoms with Gasteiger partial charge in [0, 0.05) is 38.6 Å². The molecule has 0 radical (unpaired) electrons. The zero-order valence-corrected chi connectivity index (χ0v) is 23.3. The second kappa shape index (κ2) is 12.6. The molecule has 0 N–H and O–H groups in total. The lowest BCUT2D eigenvalue weighted by Crippen LogP contribution is -2.65. The molecule has 204 valence electrons. The van der Waals surface area contributed by atoms with Gasteiger partial charge < -0.3 is 9.80 Å². The van der Waals surface area contributed by atoms with E-state index in [0.717, 1.165) is 43.6 Å². The summed E-state index contributed by atoms with van der Waals surface area (Å²) >= 11 is 0. The summed E-state index contributed by atoms with van der Waals surface area (Å²) in [6, 6.07) is 30.1. The Balaban J connectivity index is 1.49. The maximum absolute atomic E-state index is 14.5. The van der Waals surface area contributed by atoms with Crippen LogP contribution in [0.5, 0.6) is 0 Å². The smallest absolute Gasteiger partial charge is 0.245 e. The molecule has 3 aromatic rings. The number of carbonyl (C=O) groups excluding carboxylic acids is 2. The third-order valence-corrected chi connectivity index (χ3v) is 8.23. The molecule has 0 unspecified atom stereocenters. The molecule has 39 heavy (non-hydrogen) atoms. The van der Waals surface area contributed by atoms with Gasteiger partial charge in [-0.1, -0.05) is 105 Å². The van der Waals surface area contributed by atoms with Crippen LogP contribution in [0.1, 0.15) is 43.4 Å². The molecule has 2 heterocycles. The minimum Gasteiger partial charge on any atom is -0.341 e. The van der Waals surface area contributed by atoms with Crippen LogP contribution in [0.3, 0.4) is 0 Å². The highest BCUT2D eigenvalue weighted by Crippen LogP contribution is 2.30. The van der Waals surface area contributed by atoms with E-state index in [9.17, 15) is 9.59 Å². The first-order valence-corrected chi connectivity index (χ1v) is 14.5. The van der Waals surface area contributed by atoms with Crippen molar-refractivity contribution < 1.29 is 9.59 Å². The summed E-state index contributed by atoms with van der Waals surface area (Å²) in [5.74, 6) is 0.714. The third kappa shape index (κ3) is 6.59. The molecular formula is C34H41N3O2. The fourth-order valence-electron chi connectivity index (χ4n) is 6.08. The Morgan fingerprint density at radius 2 is 1.26 bits per heavy atom. The van der Waals surface area contributed by atoms with E-state index in [1.165, 1.54) is 5.56 Å². The van der Waals surface area contributed by atoms with Crippen LogP contribution in [-0.2, 0) is 29.0 Å². The van der Waals surface area contributed by atoms with Crippen LogP contribution in [0.25, 0.3) is 0 Å². The lowest BCUT2D eigenvalue weighted by atomic mass is 9.93. The normalized spacial score (nSPS) is 22.2. The van der Waals surface area contributed by atoms with Gasteiger partial charge in [-0.3, -0.25) is 14.5 Å². The van der Waals surface area contributed by atoms with E-state index in [1.54, 1.807) is 0 Å². The van der Waals surface area contributed by atoms with Gasteiger partial charge in [0.2, 0.25) is 11.8 Å². The van der Waals surface area contributed by atoms with Gasteiger partial charge in [0.05, 0.1) is 6.04 Å². The molecule has 5 heteroatoms. The molecule has 0 aliphatic carbocycles. The van der Waals surface area contributed by atoms with Crippen molar-refractivity contribution in [2.24, 2.45) is 5.92 Å². The Labute approximate surface area is 233 Å². The number of fused-ring (bicyclic) bond motifs is 1. The molecule has 0 aromatic heterocycles. The number of nitrogens with zero attached hydrogens (tertiary/aromatic N) is 3. The zero-order valence-electron chi connectivity index (χ0n) is 23.3. The fourth-order valence-corrected chi connectivity index (χ4v) is 6.08. The maximum atomic E-state index is 14.5. The van der Waals surface area contributed by atoms with Crippen molar-refractivity contribution in [2.75, 3.05) is 19.6 Å². The highest BCUT2D eigenvalue weighted by atomic mass is 16.2. The summed E-state index contributed by atoms with van der Waals surface area (Å²) in [7, 11) is 0. The van der Waals surface area contributed by atoms with E-state index < -0.39 is 6.04 Å². The van der Waals surface area contributed by atoms with Gasteiger partial charge in [-0.15, -0.1) is 0 Å². The minimum absolute atomic E-state index is 0.00921. The third-order valence-electron chi connectivity index (χ3n) is 8.23. The summed E-state index contributed by atoms with van der Waals surface area (Å²) in [6.45, 7) is 7.35. The predicted molar refractivity (Wildman–Crippen MR) is 156 cm³/mol. The van der Waals surface area contributed by atoms with Crippen molar-refractivity contribution in [1.82, 2.24) is 14.7 Å². The summed E-state index contributed by atoms with van der Waals surface area (Å²) < 4.78 is 0. The van der Waals surface area contributed by atoms with E-state index in [4.69, 9.17) is 0 Å². The van der Waals surface area contributed by atoms with Gasteiger partial charge >= 0.3 is 0 Å². The number of carbonyl (C=O) groups is 2. The highest BCUT2D eigenvalue weighted by Gasteiger charge is 2.47. The van der Waals surface area contributed by atoms with Crippen LogP contribution in [0.4, 0.5) is 0 Å².